The molecule has 21 heavy (non-hydrogen) atoms. The van der Waals surface area contributed by atoms with E-state index in [0.717, 1.165) is 0 Å². The summed E-state index contributed by atoms with van der Waals surface area (Å²) in [6, 6.07) is 0. The van der Waals surface area contributed by atoms with E-state index in [9.17, 15) is 9.59 Å². The van der Waals surface area contributed by atoms with Gasteiger partial charge in [-0.3, -0.25) is 9.59 Å². The van der Waals surface area contributed by atoms with Crippen molar-refractivity contribution in [2.24, 2.45) is 5.41 Å². The molecular weight excluding hydrogens is 263 g/mol. The van der Waals surface area contributed by atoms with Gasteiger partial charge in [0.1, 0.15) is 6.42 Å². The number of rotatable bonds is 8. The number of aliphatic carboxylic acids is 2. The molecule has 0 aromatic heterocycles. The summed E-state index contributed by atoms with van der Waals surface area (Å²) in [6.45, 7) is 11.8. The van der Waals surface area contributed by atoms with E-state index in [1.54, 1.807) is 0 Å². The molecule has 0 spiro atoms. The monoisotopic (exact) mass is 294 g/mol. The summed E-state index contributed by atoms with van der Waals surface area (Å²) in [7, 11) is 0. The zero-order valence-electron chi connectivity index (χ0n) is 14.7. The van der Waals surface area contributed by atoms with Gasteiger partial charge in [-0.2, -0.15) is 0 Å². The molecule has 0 aromatic rings. The van der Waals surface area contributed by atoms with E-state index < -0.39 is 18.4 Å². The molecule has 0 aliphatic rings. The van der Waals surface area contributed by atoms with Gasteiger partial charge in [-0.05, 0) is 0 Å². The number of hydrogen-bond donors (Lipinski definition) is 2. The van der Waals surface area contributed by atoms with Crippen molar-refractivity contribution in [3.63, 3.8) is 0 Å². The van der Waals surface area contributed by atoms with E-state index in [1.165, 1.54) is 38.5 Å². The molecule has 5 heteroatoms. The van der Waals surface area contributed by atoms with Crippen LogP contribution in [0.2, 0.25) is 4.09 Å². The number of carboxylic acid groups (broad SMARTS) is 2. The van der Waals surface area contributed by atoms with Crippen LogP contribution in [0, 0.1) is 5.41 Å². The zero-order chi connectivity index (χ0) is 17.1. The Kier molecular flexibility index (Phi) is 12.1. The molecule has 0 aromatic carbocycles. The van der Waals surface area contributed by atoms with Crippen LogP contribution in [-0.4, -0.2) is 39.9 Å². The van der Waals surface area contributed by atoms with Gasteiger partial charge < -0.3 is 10.2 Å². The third-order valence-corrected chi connectivity index (χ3v) is 4.24. The summed E-state index contributed by atoms with van der Waals surface area (Å²) < 4.78 is 0.485. The molecule has 0 heterocycles. The normalized spacial score (nSPS) is 13.9. The van der Waals surface area contributed by atoms with Gasteiger partial charge in [0.25, 0.3) is 0 Å². The van der Waals surface area contributed by atoms with Crippen LogP contribution in [0.5, 0.6) is 0 Å². The van der Waals surface area contributed by atoms with Gasteiger partial charge in [-0.15, -0.1) is 0 Å². The first-order chi connectivity index (χ1) is 9.44. The Labute approximate surface area is 138 Å². The van der Waals surface area contributed by atoms with Gasteiger partial charge >= 0.3 is 112 Å². The Balaban J connectivity index is 0. The maximum atomic E-state index is 9.43. The van der Waals surface area contributed by atoms with E-state index >= 15 is 0 Å². The Morgan fingerprint density at radius 2 is 1.33 bits per heavy atom. The van der Waals surface area contributed by atoms with E-state index in [0.29, 0.717) is 9.50 Å². The van der Waals surface area contributed by atoms with E-state index in [2.05, 4.69) is 52.3 Å². The van der Waals surface area contributed by atoms with Crippen molar-refractivity contribution in [1.82, 2.24) is 0 Å². The molecule has 120 valence electrons. The molecule has 0 aliphatic carbocycles. The number of carboxylic acids is 2. The van der Waals surface area contributed by atoms with Crippen molar-refractivity contribution in [2.75, 3.05) is 0 Å². The molecule has 1 atom stereocenters. The fourth-order valence-corrected chi connectivity index (χ4v) is 1.67. The quantitative estimate of drug-likeness (QED) is 0.398. The molecule has 0 saturated heterocycles. The number of unbranched alkanes of at least 4 members (excludes halogenated alkanes) is 4. The summed E-state index contributed by atoms with van der Waals surface area (Å²) in [6.07, 6.45) is 7.59. The van der Waals surface area contributed by atoms with E-state index in [-0.39, 0.29) is 0 Å². The van der Waals surface area contributed by atoms with E-state index in [1.807, 2.05) is 0 Å². The van der Waals surface area contributed by atoms with Crippen LogP contribution in [0.25, 0.3) is 0 Å². The second-order valence-corrected chi connectivity index (χ2v) is 7.26. The Hall–Kier alpha value is -0.463. The molecule has 2 N–H and O–H groups in total. The average Bonchev–Trinajstić information content (AvgIpc) is 2.26. The summed E-state index contributed by atoms with van der Waals surface area (Å²) >= 11 is 2.41. The minimum atomic E-state index is -1.31. The van der Waals surface area contributed by atoms with Gasteiger partial charge in [0, 0.05) is 0 Å². The molecule has 0 bridgehead atoms. The van der Waals surface area contributed by atoms with Gasteiger partial charge in [0.2, 0.25) is 0 Å². The molecule has 0 rings (SSSR count). The van der Waals surface area contributed by atoms with Gasteiger partial charge in [-0.25, -0.2) is 0 Å². The number of carbonyl (C=O) groups is 2. The fraction of sp³-hybridized carbons (Fsp3) is 0.875. The van der Waals surface area contributed by atoms with Gasteiger partial charge in [0.15, 0.2) is 0 Å². The predicted octanol–water partition coefficient (Wildman–Crippen LogP) is 4.29. The van der Waals surface area contributed by atoms with Crippen molar-refractivity contribution >= 4 is 29.7 Å². The summed E-state index contributed by atoms with van der Waals surface area (Å²) in [5.41, 5.74) is 0.442. The molecule has 0 radical (unpaired) electrons. The number of hydrogen-bond acceptors (Lipinski definition) is 2. The van der Waals surface area contributed by atoms with Crippen LogP contribution in [0.1, 0.15) is 79.6 Å². The maximum absolute atomic E-state index is 9.43. The van der Waals surface area contributed by atoms with Gasteiger partial charge in [-0.1, -0.05) is 0 Å². The molecule has 0 amide bonds. The second kappa shape index (κ2) is 11.2. The third-order valence-electron chi connectivity index (χ3n) is 4.24. The van der Waals surface area contributed by atoms with Crippen molar-refractivity contribution in [1.29, 1.82) is 0 Å². The summed E-state index contributed by atoms with van der Waals surface area (Å²) in [4.78, 5) is 18.9. The van der Waals surface area contributed by atoms with Crippen LogP contribution in [-0.2, 0) is 9.59 Å². The first-order valence-electron chi connectivity index (χ1n) is 7.87. The van der Waals surface area contributed by atoms with Crippen molar-refractivity contribution < 1.29 is 19.8 Å². The minimum absolute atomic E-state index is 0.442. The Morgan fingerprint density at radius 1 is 0.905 bits per heavy atom. The molecule has 0 aliphatic heterocycles. The molecule has 0 saturated carbocycles. The summed E-state index contributed by atoms with van der Waals surface area (Å²) in [5, 5.41) is 15.4. The first-order valence-corrected chi connectivity index (χ1v) is 7.87. The predicted molar refractivity (Wildman–Crippen MR) is 86.8 cm³/mol. The van der Waals surface area contributed by atoms with Crippen LogP contribution in [0.4, 0.5) is 0 Å². The van der Waals surface area contributed by atoms with Crippen molar-refractivity contribution in [3.05, 3.63) is 0 Å². The topological polar surface area (TPSA) is 74.6 Å². The second-order valence-electron chi connectivity index (χ2n) is 7.26. The molecule has 4 nitrogen and oxygen atoms in total. The summed E-state index contributed by atoms with van der Waals surface area (Å²) in [5.74, 6) is -2.62. The van der Waals surface area contributed by atoms with Crippen molar-refractivity contribution in [3.8, 4) is 0 Å². The van der Waals surface area contributed by atoms with Crippen LogP contribution >= 0.6 is 0 Å². The average molecular weight is 294 g/mol. The molecule has 1 unspecified atom stereocenters. The Morgan fingerprint density at radius 3 is 1.62 bits per heavy atom. The van der Waals surface area contributed by atoms with Crippen LogP contribution in [0.15, 0.2) is 0 Å². The standard InChI is InChI=1S/C13H27.C3H4O4.Li/c1-6-7-8-9-10-11-12(2)13(3,4)5;4-2(5)1-3(6)7;/h6-11H2,1-5H3;1H2,(H,4,5)(H,6,7);. The fourth-order valence-electron chi connectivity index (χ4n) is 1.67. The third kappa shape index (κ3) is 14.2. The molecular formula is C16H31LiO4. The van der Waals surface area contributed by atoms with E-state index in [4.69, 9.17) is 10.2 Å². The molecule has 0 fully saturated rings. The zero-order valence-corrected chi connectivity index (χ0v) is 14.7. The first kappa shape index (κ1) is 22.8. The SMILES string of the molecule is O=C(O)CC(=O)O.[Li][C](C)(CCCCCCC)C(C)(C)C. The van der Waals surface area contributed by atoms with Crippen LogP contribution in [0.3, 0.4) is 0 Å². The van der Waals surface area contributed by atoms with Crippen LogP contribution < -0.4 is 0 Å². The van der Waals surface area contributed by atoms with Crippen molar-refractivity contribution in [2.45, 2.75) is 83.7 Å². The van der Waals surface area contributed by atoms with Gasteiger partial charge in [0.05, 0.1) is 0 Å². The Bertz CT molecular complexity index is 294.